The average Bonchev–Trinajstić information content (AvgIpc) is 2.30. The number of carbonyl (C=O) groups is 1. The van der Waals surface area contributed by atoms with Gasteiger partial charge in [-0.2, -0.15) is 0 Å². The molecule has 0 atom stereocenters. The van der Waals surface area contributed by atoms with Crippen molar-refractivity contribution in [2.24, 2.45) is 5.92 Å². The Morgan fingerprint density at radius 1 is 1.50 bits per heavy atom. The molecule has 1 aromatic rings. The van der Waals surface area contributed by atoms with Crippen molar-refractivity contribution in [3.05, 3.63) is 28.8 Å². The number of amides is 1. The first-order valence-corrected chi connectivity index (χ1v) is 7.22. The number of benzene rings is 1. The normalized spacial score (nSPS) is 15.3. The maximum Gasteiger partial charge on any atom is 0.255 e. The zero-order valence-corrected chi connectivity index (χ0v) is 12.2. The van der Waals surface area contributed by atoms with Gasteiger partial charge in [0.2, 0.25) is 0 Å². The van der Waals surface area contributed by atoms with Gasteiger partial charge in [0.25, 0.3) is 5.91 Å². The Bertz CT molecular complexity index is 445. The van der Waals surface area contributed by atoms with Gasteiger partial charge in [0, 0.05) is 18.0 Å². The summed E-state index contributed by atoms with van der Waals surface area (Å²) in [6, 6.07) is 5.27. The Balaban J connectivity index is 2.14. The van der Waals surface area contributed by atoms with E-state index in [1.807, 2.05) is 11.8 Å². The lowest BCUT2D eigenvalue weighted by molar-refractivity contribution is 0.0706. The zero-order valence-electron chi connectivity index (χ0n) is 10.5. The largest absolute Gasteiger partial charge is 0.339 e. The highest BCUT2D eigenvalue weighted by atomic mass is 35.5. The van der Waals surface area contributed by atoms with Crippen LogP contribution in [0, 0.1) is 5.92 Å². The Hall–Kier alpha value is -0.670. The first-order valence-electron chi connectivity index (χ1n) is 6.39. The molecule has 1 amide bonds. The van der Waals surface area contributed by atoms with Gasteiger partial charge < -0.3 is 4.90 Å². The van der Waals surface area contributed by atoms with E-state index >= 15 is 0 Å². The highest BCUT2D eigenvalue weighted by molar-refractivity contribution is 7.80. The fourth-order valence-electron chi connectivity index (χ4n) is 2.19. The Labute approximate surface area is 119 Å². The molecule has 0 N–H and O–H groups in total. The van der Waals surface area contributed by atoms with Crippen molar-refractivity contribution in [3.8, 4) is 0 Å². The summed E-state index contributed by atoms with van der Waals surface area (Å²) in [7, 11) is 0. The minimum Gasteiger partial charge on any atom is -0.339 e. The van der Waals surface area contributed by atoms with E-state index < -0.39 is 0 Å². The summed E-state index contributed by atoms with van der Waals surface area (Å²) in [6.45, 7) is 3.58. The van der Waals surface area contributed by atoms with Gasteiger partial charge in [0.15, 0.2) is 0 Å². The van der Waals surface area contributed by atoms with Crippen molar-refractivity contribution in [3.63, 3.8) is 0 Å². The van der Waals surface area contributed by atoms with Crippen LogP contribution in [0.3, 0.4) is 0 Å². The molecule has 0 heterocycles. The monoisotopic (exact) mass is 283 g/mol. The molecule has 0 aliphatic heterocycles. The molecular weight excluding hydrogens is 266 g/mol. The molecule has 1 fully saturated rings. The van der Waals surface area contributed by atoms with Crippen molar-refractivity contribution >= 4 is 30.1 Å². The van der Waals surface area contributed by atoms with Gasteiger partial charge in [-0.25, -0.2) is 0 Å². The first-order chi connectivity index (χ1) is 8.61. The van der Waals surface area contributed by atoms with Crippen LogP contribution in [0.1, 0.15) is 36.5 Å². The minimum atomic E-state index is 0.0188. The second kappa shape index (κ2) is 5.98. The van der Waals surface area contributed by atoms with Gasteiger partial charge in [-0.1, -0.05) is 18.0 Å². The summed E-state index contributed by atoms with van der Waals surface area (Å²) < 4.78 is 0. The van der Waals surface area contributed by atoms with E-state index in [9.17, 15) is 4.79 Å². The van der Waals surface area contributed by atoms with Crippen LogP contribution >= 0.6 is 24.2 Å². The highest BCUT2D eigenvalue weighted by Crippen LogP contribution is 2.28. The number of hydrogen-bond acceptors (Lipinski definition) is 2. The van der Waals surface area contributed by atoms with Crippen molar-refractivity contribution in [2.45, 2.75) is 31.1 Å². The van der Waals surface area contributed by atoms with Crippen LogP contribution in [0.25, 0.3) is 0 Å². The lowest BCUT2D eigenvalue weighted by atomic mass is 9.85. The fraction of sp³-hybridized carbons (Fsp3) is 0.500. The van der Waals surface area contributed by atoms with Crippen LogP contribution in [-0.2, 0) is 0 Å². The molecule has 0 bridgehead atoms. The summed E-state index contributed by atoms with van der Waals surface area (Å²) in [5.74, 6) is 0.692. The molecule has 0 spiro atoms. The lowest BCUT2D eigenvalue weighted by Crippen LogP contribution is -2.37. The number of carbonyl (C=O) groups excluding carboxylic acids is 1. The third-order valence-electron chi connectivity index (χ3n) is 3.55. The molecule has 1 aliphatic rings. The van der Waals surface area contributed by atoms with E-state index in [0.29, 0.717) is 16.5 Å². The molecule has 4 heteroatoms. The summed E-state index contributed by atoms with van der Waals surface area (Å²) in [4.78, 5) is 15.1. The topological polar surface area (TPSA) is 20.3 Å². The molecule has 0 unspecified atom stereocenters. The van der Waals surface area contributed by atoms with Gasteiger partial charge >= 0.3 is 0 Å². The second-order valence-electron chi connectivity index (χ2n) is 4.80. The van der Waals surface area contributed by atoms with Gasteiger partial charge in [0.1, 0.15) is 0 Å². The van der Waals surface area contributed by atoms with Gasteiger partial charge in [-0.15, -0.1) is 12.6 Å². The fourth-order valence-corrected chi connectivity index (χ4v) is 2.59. The Morgan fingerprint density at radius 2 is 2.22 bits per heavy atom. The third-order valence-corrected chi connectivity index (χ3v) is 4.16. The summed E-state index contributed by atoms with van der Waals surface area (Å²) in [5.41, 5.74) is 0.561. The molecule has 98 valence electrons. The highest BCUT2D eigenvalue weighted by Gasteiger charge is 2.24. The van der Waals surface area contributed by atoms with Gasteiger partial charge in [-0.3, -0.25) is 4.79 Å². The third kappa shape index (κ3) is 3.01. The van der Waals surface area contributed by atoms with Crippen molar-refractivity contribution < 1.29 is 4.79 Å². The standard InChI is InChI=1S/C14H18ClNOS/c1-2-16(9-10-4-3-5-10)14(17)12-8-11(18)6-7-13(12)15/h6-8,10,18H,2-5,9H2,1H3. The molecule has 2 nitrogen and oxygen atoms in total. The number of halogens is 1. The smallest absolute Gasteiger partial charge is 0.255 e. The van der Waals surface area contributed by atoms with Crippen molar-refractivity contribution in [1.82, 2.24) is 4.90 Å². The predicted molar refractivity (Wildman–Crippen MR) is 77.6 cm³/mol. The summed E-state index contributed by atoms with van der Waals surface area (Å²) in [5, 5.41) is 0.504. The van der Waals surface area contributed by atoms with Gasteiger partial charge in [0.05, 0.1) is 10.6 Å². The SMILES string of the molecule is CCN(CC1CCC1)C(=O)c1cc(S)ccc1Cl. The number of hydrogen-bond donors (Lipinski definition) is 1. The molecular formula is C14H18ClNOS. The van der Waals surface area contributed by atoms with Crippen LogP contribution in [0.4, 0.5) is 0 Å². The van der Waals surface area contributed by atoms with Crippen molar-refractivity contribution in [2.75, 3.05) is 13.1 Å². The lowest BCUT2D eigenvalue weighted by Gasteiger charge is -2.32. The minimum absolute atomic E-state index is 0.0188. The van der Waals surface area contributed by atoms with E-state index in [4.69, 9.17) is 11.6 Å². The second-order valence-corrected chi connectivity index (χ2v) is 5.73. The van der Waals surface area contributed by atoms with E-state index in [1.165, 1.54) is 19.3 Å². The molecule has 1 saturated carbocycles. The van der Waals surface area contributed by atoms with Crippen LogP contribution in [0.15, 0.2) is 23.1 Å². The molecule has 1 aromatic carbocycles. The Kier molecular flexibility index (Phi) is 4.57. The Morgan fingerprint density at radius 3 is 2.78 bits per heavy atom. The molecule has 18 heavy (non-hydrogen) atoms. The number of thiol groups is 1. The van der Waals surface area contributed by atoms with Crippen LogP contribution < -0.4 is 0 Å². The van der Waals surface area contributed by atoms with E-state index in [2.05, 4.69) is 12.6 Å². The van der Waals surface area contributed by atoms with Crippen LogP contribution in [0.2, 0.25) is 5.02 Å². The summed E-state index contributed by atoms with van der Waals surface area (Å²) >= 11 is 10.4. The molecule has 0 aromatic heterocycles. The quantitative estimate of drug-likeness (QED) is 0.831. The number of nitrogens with zero attached hydrogens (tertiary/aromatic N) is 1. The van der Waals surface area contributed by atoms with Crippen molar-refractivity contribution in [1.29, 1.82) is 0 Å². The molecule has 2 rings (SSSR count). The molecule has 0 radical (unpaired) electrons. The average molecular weight is 284 g/mol. The summed E-state index contributed by atoms with van der Waals surface area (Å²) in [6.07, 6.45) is 3.78. The van der Waals surface area contributed by atoms with Gasteiger partial charge in [-0.05, 0) is 43.9 Å². The number of rotatable bonds is 4. The van der Waals surface area contributed by atoms with E-state index in [1.54, 1.807) is 18.2 Å². The van der Waals surface area contributed by atoms with E-state index in [0.717, 1.165) is 18.0 Å². The predicted octanol–water partition coefficient (Wildman–Crippen LogP) is 3.89. The molecule has 1 aliphatic carbocycles. The first kappa shape index (κ1) is 13.8. The maximum atomic E-state index is 12.4. The maximum absolute atomic E-state index is 12.4. The molecule has 0 saturated heterocycles. The van der Waals surface area contributed by atoms with E-state index in [-0.39, 0.29) is 5.91 Å². The zero-order chi connectivity index (χ0) is 13.1. The van der Waals surface area contributed by atoms with Crippen LogP contribution in [-0.4, -0.2) is 23.9 Å². The van der Waals surface area contributed by atoms with Crippen LogP contribution in [0.5, 0.6) is 0 Å².